The summed E-state index contributed by atoms with van der Waals surface area (Å²) in [4.78, 5) is 69.7. The van der Waals surface area contributed by atoms with E-state index in [-0.39, 0.29) is 27.9 Å². The first-order chi connectivity index (χ1) is 23.6. The molecule has 0 bridgehead atoms. The molecule has 0 saturated heterocycles. The lowest BCUT2D eigenvalue weighted by molar-refractivity contribution is -0.135. The number of unbranched alkanes of at least 4 members (excludes halogenated alkanes) is 2. The summed E-state index contributed by atoms with van der Waals surface area (Å²) in [7, 11) is 0. The average molecular weight is 722 g/mol. The number of hydrogen-bond donors (Lipinski definition) is 5. The van der Waals surface area contributed by atoms with E-state index in [4.69, 9.17) is 24.9 Å². The lowest BCUT2D eigenvalue weighted by Crippen LogP contribution is -2.30. The molecule has 13 nitrogen and oxygen atoms in total. The standard InChI is InChI=1S/C16H24N2O3.C16H23NO3S.2C2H4O2/c1-3-18(4-2)12-8-7-11-15(20)17-16(21)13-9-5-6-10-14(13)19;1-3-17(4-2)12-8-7-11-15(18)21-14-10-6-5-9-13(14)16(19)20;2*1-2(3)4/h5-6,9-10,19H,3-4,7-8,11-12H2,1-2H3,(H,17,20,21);5-6,9-10H,3-4,7-8,11-12H2,1-2H3,(H,19,20);2*1H3,(H,3,4). The molecule has 0 aliphatic carbocycles. The SMILES string of the molecule is CC(=O)O.CC(=O)O.CCN(CC)CCCCC(=O)NC(=O)c1ccccc1O.CCN(CC)CCCCC(=O)Sc1ccccc1C(=O)O. The number of para-hydroxylation sites is 1. The van der Waals surface area contributed by atoms with E-state index in [2.05, 4.69) is 42.8 Å². The highest BCUT2D eigenvalue weighted by molar-refractivity contribution is 8.13. The number of aliphatic carboxylic acids is 2. The van der Waals surface area contributed by atoms with Crippen LogP contribution in [-0.2, 0) is 19.2 Å². The van der Waals surface area contributed by atoms with Crippen molar-refractivity contribution in [3.8, 4) is 5.75 Å². The fourth-order valence-electron chi connectivity index (χ4n) is 4.13. The van der Waals surface area contributed by atoms with Crippen molar-refractivity contribution in [2.45, 2.75) is 85.0 Å². The van der Waals surface area contributed by atoms with E-state index in [1.807, 2.05) is 0 Å². The Bertz CT molecular complexity index is 1290. The Hall–Kier alpha value is -4.27. The van der Waals surface area contributed by atoms with Crippen LogP contribution >= 0.6 is 11.8 Å². The topological polar surface area (TPSA) is 202 Å². The summed E-state index contributed by atoms with van der Waals surface area (Å²) < 4.78 is 0. The van der Waals surface area contributed by atoms with Crippen molar-refractivity contribution in [2.75, 3.05) is 39.3 Å². The predicted molar refractivity (Wildman–Crippen MR) is 195 cm³/mol. The van der Waals surface area contributed by atoms with Crippen molar-refractivity contribution >= 4 is 46.6 Å². The minimum Gasteiger partial charge on any atom is -0.507 e. The second kappa shape index (κ2) is 29.6. The first-order valence-corrected chi connectivity index (χ1v) is 17.4. The van der Waals surface area contributed by atoms with Gasteiger partial charge in [0.05, 0.1) is 11.1 Å². The van der Waals surface area contributed by atoms with Gasteiger partial charge in [-0.2, -0.15) is 0 Å². The van der Waals surface area contributed by atoms with Gasteiger partial charge in [-0.05, 0) is 89.2 Å². The smallest absolute Gasteiger partial charge is 0.336 e. The van der Waals surface area contributed by atoms with E-state index in [0.717, 1.165) is 90.6 Å². The third kappa shape index (κ3) is 25.7. The molecule has 0 spiro atoms. The average Bonchev–Trinajstić information content (AvgIpc) is 3.05. The van der Waals surface area contributed by atoms with Crippen LogP contribution in [0, 0.1) is 0 Å². The Morgan fingerprint density at radius 1 is 0.640 bits per heavy atom. The van der Waals surface area contributed by atoms with Crippen molar-refractivity contribution < 1.29 is 49.2 Å². The molecule has 0 atom stereocenters. The van der Waals surface area contributed by atoms with Crippen LogP contribution in [-0.4, -0.2) is 104 Å². The predicted octanol–water partition coefficient (Wildman–Crippen LogP) is 5.86. The number of phenols is 1. The molecule has 2 rings (SSSR count). The minimum atomic E-state index is -0.993. The van der Waals surface area contributed by atoms with Gasteiger partial charge >= 0.3 is 5.97 Å². The van der Waals surface area contributed by atoms with Gasteiger partial charge in [-0.25, -0.2) is 4.79 Å². The Balaban J connectivity index is 0. The molecule has 0 unspecified atom stereocenters. The van der Waals surface area contributed by atoms with Crippen molar-refractivity contribution in [1.82, 2.24) is 15.1 Å². The number of aromatic carboxylic acids is 1. The molecular weight excluding hydrogens is 666 g/mol. The first kappa shape index (κ1) is 47.8. The van der Waals surface area contributed by atoms with Crippen LogP contribution < -0.4 is 5.32 Å². The number of nitrogens with one attached hydrogen (secondary N) is 1. The number of carboxylic acids is 3. The maximum absolute atomic E-state index is 11.9. The number of imide groups is 1. The van der Waals surface area contributed by atoms with Crippen LogP contribution in [0.1, 0.15) is 101 Å². The van der Waals surface area contributed by atoms with E-state index >= 15 is 0 Å². The Morgan fingerprint density at radius 2 is 1.06 bits per heavy atom. The lowest BCUT2D eigenvalue weighted by atomic mass is 10.1. The molecule has 2 aromatic rings. The highest BCUT2D eigenvalue weighted by Crippen LogP contribution is 2.25. The van der Waals surface area contributed by atoms with Gasteiger partial charge in [-0.1, -0.05) is 63.7 Å². The van der Waals surface area contributed by atoms with E-state index in [1.54, 1.807) is 30.3 Å². The van der Waals surface area contributed by atoms with Crippen molar-refractivity contribution in [3.63, 3.8) is 0 Å². The van der Waals surface area contributed by atoms with Gasteiger partial charge in [-0.3, -0.25) is 29.3 Å². The molecule has 5 N–H and O–H groups in total. The number of carbonyl (C=O) groups is 6. The van der Waals surface area contributed by atoms with Crippen LogP contribution in [0.25, 0.3) is 0 Å². The third-order valence-corrected chi connectivity index (χ3v) is 7.77. The Kier molecular flexibility index (Phi) is 28.4. The normalized spacial score (nSPS) is 10.0. The molecule has 0 aliphatic heterocycles. The summed E-state index contributed by atoms with van der Waals surface area (Å²) >= 11 is 1.04. The summed E-state index contributed by atoms with van der Waals surface area (Å²) in [6, 6.07) is 12.8. The molecule has 0 aliphatic rings. The number of thioether (sulfide) groups is 1. The number of phenolic OH excluding ortho intramolecular Hbond substituents is 1. The van der Waals surface area contributed by atoms with E-state index < -0.39 is 23.8 Å². The first-order valence-electron chi connectivity index (χ1n) is 16.6. The molecule has 0 radical (unpaired) electrons. The van der Waals surface area contributed by atoms with Crippen molar-refractivity contribution in [1.29, 1.82) is 0 Å². The zero-order valence-electron chi connectivity index (χ0n) is 30.1. The molecule has 14 heteroatoms. The summed E-state index contributed by atoms with van der Waals surface area (Å²) in [5.74, 6) is -3.64. The summed E-state index contributed by atoms with van der Waals surface area (Å²) in [6.07, 6.45) is 4.32. The van der Waals surface area contributed by atoms with Gasteiger partial charge in [-0.15, -0.1) is 0 Å². The Morgan fingerprint density at radius 3 is 1.50 bits per heavy atom. The second-order valence-corrected chi connectivity index (χ2v) is 11.8. The number of aromatic hydroxyl groups is 1. The fourth-order valence-corrected chi connectivity index (χ4v) is 5.04. The molecule has 280 valence electrons. The quantitative estimate of drug-likeness (QED) is 0.0962. The molecule has 2 amide bonds. The van der Waals surface area contributed by atoms with Gasteiger partial charge in [0.15, 0.2) is 5.12 Å². The van der Waals surface area contributed by atoms with Gasteiger partial charge in [0.25, 0.3) is 17.8 Å². The molecule has 0 saturated carbocycles. The second-order valence-electron chi connectivity index (χ2n) is 10.7. The molecule has 0 aromatic heterocycles. The molecule has 0 fully saturated rings. The number of benzene rings is 2. The van der Waals surface area contributed by atoms with Crippen molar-refractivity contribution in [3.05, 3.63) is 59.7 Å². The molecule has 2 aromatic carbocycles. The van der Waals surface area contributed by atoms with Crippen LogP contribution in [0.2, 0.25) is 0 Å². The van der Waals surface area contributed by atoms with Gasteiger partial charge in [0.1, 0.15) is 5.75 Å². The summed E-state index contributed by atoms with van der Waals surface area (Å²) in [5.41, 5.74) is 0.313. The van der Waals surface area contributed by atoms with Crippen LogP contribution in [0.5, 0.6) is 5.75 Å². The maximum Gasteiger partial charge on any atom is 0.336 e. The lowest BCUT2D eigenvalue weighted by Gasteiger charge is -2.17. The number of carbonyl (C=O) groups excluding carboxylic acids is 3. The number of nitrogens with zero attached hydrogens (tertiary/aromatic N) is 2. The zero-order chi connectivity index (χ0) is 38.5. The number of hydrogen-bond acceptors (Lipinski definition) is 10. The number of rotatable bonds is 17. The van der Waals surface area contributed by atoms with Gasteiger partial charge < -0.3 is 30.2 Å². The highest BCUT2D eigenvalue weighted by atomic mass is 32.2. The number of carboxylic acid groups (broad SMARTS) is 3. The van der Waals surface area contributed by atoms with Crippen LogP contribution in [0.3, 0.4) is 0 Å². The molecule has 0 heterocycles. The van der Waals surface area contributed by atoms with E-state index in [1.165, 1.54) is 18.2 Å². The van der Waals surface area contributed by atoms with Gasteiger partial charge in [0, 0.05) is 31.6 Å². The van der Waals surface area contributed by atoms with E-state index in [0.29, 0.717) is 17.7 Å². The fraction of sp³-hybridized carbons (Fsp3) is 0.500. The maximum atomic E-state index is 11.9. The molecular formula is C36H55N3O10S. The number of amides is 2. The monoisotopic (exact) mass is 721 g/mol. The van der Waals surface area contributed by atoms with E-state index in [9.17, 15) is 24.3 Å². The third-order valence-electron chi connectivity index (χ3n) is 6.77. The summed E-state index contributed by atoms with van der Waals surface area (Å²) in [5, 5.41) is 35.8. The summed E-state index contributed by atoms with van der Waals surface area (Å²) in [6.45, 7) is 16.7. The largest absolute Gasteiger partial charge is 0.507 e. The zero-order valence-corrected chi connectivity index (χ0v) is 31.0. The minimum absolute atomic E-state index is 0.0308. The molecule has 50 heavy (non-hydrogen) atoms. The van der Waals surface area contributed by atoms with Crippen LogP contribution in [0.4, 0.5) is 0 Å². The van der Waals surface area contributed by atoms with Crippen molar-refractivity contribution in [2.24, 2.45) is 0 Å². The Labute approximate surface area is 300 Å². The van der Waals surface area contributed by atoms with Gasteiger partial charge in [0.2, 0.25) is 5.91 Å². The van der Waals surface area contributed by atoms with Crippen LogP contribution in [0.15, 0.2) is 53.4 Å². The highest BCUT2D eigenvalue weighted by Gasteiger charge is 2.14.